The molecule has 0 saturated heterocycles. The van der Waals surface area contributed by atoms with Gasteiger partial charge in [-0.2, -0.15) is 5.10 Å². The van der Waals surface area contributed by atoms with Gasteiger partial charge >= 0.3 is 0 Å². The summed E-state index contributed by atoms with van der Waals surface area (Å²) in [6, 6.07) is 11.3. The Morgan fingerprint density at radius 3 is 2.76 bits per heavy atom. The summed E-state index contributed by atoms with van der Waals surface area (Å²) in [5, 5.41) is 5.74. The molecular weight excluding hydrogens is 452 g/mol. The van der Waals surface area contributed by atoms with Crippen molar-refractivity contribution < 1.29 is 4.74 Å². The molecule has 0 bridgehead atoms. The Hall–Kier alpha value is -4.04. The van der Waals surface area contributed by atoms with Gasteiger partial charge in [0, 0.05) is 60.1 Å². The highest BCUT2D eigenvalue weighted by atomic mass is 35.5. The predicted molar refractivity (Wildman–Crippen MR) is 130 cm³/mol. The molecule has 4 aromatic heterocycles. The average Bonchev–Trinajstić information content (AvgIpc) is 3.25. The maximum Gasteiger partial charge on any atom is 0.253 e. The molecule has 9 heteroatoms. The summed E-state index contributed by atoms with van der Waals surface area (Å²) in [7, 11) is 1.91. The molecule has 0 aliphatic rings. The Kier molecular flexibility index (Phi) is 5.81. The van der Waals surface area contributed by atoms with Crippen LogP contribution in [-0.2, 0) is 20.2 Å². The van der Waals surface area contributed by atoms with Crippen molar-refractivity contribution in [2.75, 3.05) is 0 Å². The third-order valence-electron chi connectivity index (χ3n) is 5.63. The first-order valence-corrected chi connectivity index (χ1v) is 11.0. The third-order valence-corrected chi connectivity index (χ3v) is 5.95. The molecule has 170 valence electrons. The molecule has 0 spiro atoms. The molecule has 0 aliphatic carbocycles. The number of ether oxygens (including phenoxy) is 1. The van der Waals surface area contributed by atoms with Gasteiger partial charge in [0.25, 0.3) is 5.56 Å². The molecular formula is C25H21ClN6O2. The zero-order valence-corrected chi connectivity index (χ0v) is 19.4. The number of hydrogen-bond donors (Lipinski definition) is 0. The van der Waals surface area contributed by atoms with Crippen LogP contribution in [0.2, 0.25) is 5.02 Å². The van der Waals surface area contributed by atoms with E-state index in [-0.39, 0.29) is 18.7 Å². The number of fused-ring (bicyclic) bond motifs is 1. The molecule has 0 N–H and O–H groups in total. The van der Waals surface area contributed by atoms with Crippen molar-refractivity contribution in [1.82, 2.24) is 29.3 Å². The lowest BCUT2D eigenvalue weighted by Crippen LogP contribution is -2.20. The minimum absolute atomic E-state index is 0.154. The molecule has 0 aliphatic heterocycles. The van der Waals surface area contributed by atoms with Crippen molar-refractivity contribution in [3.63, 3.8) is 0 Å². The normalized spacial score (nSPS) is 11.1. The van der Waals surface area contributed by atoms with Crippen molar-refractivity contribution in [2.45, 2.75) is 20.1 Å². The summed E-state index contributed by atoms with van der Waals surface area (Å²) < 4.78 is 9.59. The summed E-state index contributed by atoms with van der Waals surface area (Å²) in [5.74, 6) is 0.641. The van der Waals surface area contributed by atoms with Crippen LogP contribution in [0.5, 0.6) is 5.75 Å². The van der Waals surface area contributed by atoms with Gasteiger partial charge in [0.05, 0.1) is 23.6 Å². The van der Waals surface area contributed by atoms with Gasteiger partial charge in [-0.05, 0) is 30.7 Å². The predicted octanol–water partition coefficient (Wildman–Crippen LogP) is 4.18. The minimum Gasteiger partial charge on any atom is -0.487 e. The van der Waals surface area contributed by atoms with Crippen LogP contribution >= 0.6 is 11.6 Å². The standard InChI is InChI=1S/C25H21ClN6O2/c1-16-10-19(22-6-9-29-31(22)2)18-4-3-5-23(25(18)30-16)34-14-20-17(11-28-12-21(20)26)13-32-15-27-8-7-24(32)33/h3-12,15H,13-14H2,1-2H3. The molecule has 8 nitrogen and oxygen atoms in total. The van der Waals surface area contributed by atoms with E-state index in [2.05, 4.69) is 15.1 Å². The molecule has 34 heavy (non-hydrogen) atoms. The Morgan fingerprint density at radius 2 is 1.97 bits per heavy atom. The summed E-state index contributed by atoms with van der Waals surface area (Å²) in [6.07, 6.45) is 8.00. The van der Waals surface area contributed by atoms with Gasteiger partial charge in [-0.15, -0.1) is 0 Å². The van der Waals surface area contributed by atoms with Gasteiger partial charge in [0.15, 0.2) is 0 Å². The Morgan fingerprint density at radius 1 is 1.09 bits per heavy atom. The first kappa shape index (κ1) is 21.8. The molecule has 0 amide bonds. The van der Waals surface area contributed by atoms with Gasteiger partial charge < -0.3 is 4.74 Å². The fourth-order valence-electron chi connectivity index (χ4n) is 3.95. The van der Waals surface area contributed by atoms with E-state index in [9.17, 15) is 4.79 Å². The average molecular weight is 473 g/mol. The zero-order chi connectivity index (χ0) is 23.7. The van der Waals surface area contributed by atoms with Crippen molar-refractivity contribution in [3.05, 3.63) is 99.7 Å². The Bertz CT molecular complexity index is 1560. The molecule has 0 fully saturated rings. The van der Waals surface area contributed by atoms with E-state index < -0.39 is 0 Å². The van der Waals surface area contributed by atoms with E-state index in [4.69, 9.17) is 21.3 Å². The van der Waals surface area contributed by atoms with Crippen molar-refractivity contribution >= 4 is 22.5 Å². The topological polar surface area (TPSA) is 87.7 Å². The minimum atomic E-state index is -0.154. The Labute approximate surface area is 200 Å². The number of nitrogens with zero attached hydrogens (tertiary/aromatic N) is 6. The van der Waals surface area contributed by atoms with Crippen molar-refractivity contribution in [1.29, 1.82) is 0 Å². The van der Waals surface area contributed by atoms with Gasteiger partial charge in [0.2, 0.25) is 0 Å². The number of rotatable bonds is 6. The highest BCUT2D eigenvalue weighted by Crippen LogP contribution is 2.33. The number of hydrogen-bond acceptors (Lipinski definition) is 6. The van der Waals surface area contributed by atoms with Crippen LogP contribution in [0.4, 0.5) is 0 Å². The van der Waals surface area contributed by atoms with E-state index in [0.29, 0.717) is 10.8 Å². The van der Waals surface area contributed by atoms with Gasteiger partial charge in [0.1, 0.15) is 17.9 Å². The highest BCUT2D eigenvalue weighted by molar-refractivity contribution is 6.31. The summed E-state index contributed by atoms with van der Waals surface area (Å²) in [6.45, 7) is 2.44. The molecule has 0 unspecified atom stereocenters. The lowest BCUT2D eigenvalue weighted by Gasteiger charge is -2.15. The van der Waals surface area contributed by atoms with Crippen LogP contribution in [0, 0.1) is 6.92 Å². The summed E-state index contributed by atoms with van der Waals surface area (Å²) in [4.78, 5) is 25.1. The fourth-order valence-corrected chi connectivity index (χ4v) is 4.18. The number of aryl methyl sites for hydroxylation is 2. The van der Waals surface area contributed by atoms with Crippen LogP contribution in [0.1, 0.15) is 16.8 Å². The third kappa shape index (κ3) is 4.15. The van der Waals surface area contributed by atoms with E-state index in [1.54, 1.807) is 18.6 Å². The molecule has 0 radical (unpaired) electrons. The zero-order valence-electron chi connectivity index (χ0n) is 18.6. The maximum atomic E-state index is 12.2. The molecule has 5 aromatic rings. The Balaban J connectivity index is 1.51. The van der Waals surface area contributed by atoms with Crippen molar-refractivity contribution in [2.24, 2.45) is 7.05 Å². The van der Waals surface area contributed by atoms with Crippen LogP contribution < -0.4 is 10.3 Å². The van der Waals surface area contributed by atoms with Gasteiger partial charge in [-0.3, -0.25) is 19.0 Å². The second kappa shape index (κ2) is 9.07. The number of benzene rings is 1. The van der Waals surface area contributed by atoms with Gasteiger partial charge in [-0.25, -0.2) is 9.97 Å². The largest absolute Gasteiger partial charge is 0.487 e. The van der Waals surface area contributed by atoms with Gasteiger partial charge in [-0.1, -0.05) is 23.7 Å². The highest BCUT2D eigenvalue weighted by Gasteiger charge is 2.15. The van der Waals surface area contributed by atoms with E-state index in [1.165, 1.54) is 23.2 Å². The maximum absolute atomic E-state index is 12.2. The summed E-state index contributed by atoms with van der Waals surface area (Å²) >= 11 is 6.48. The first-order chi connectivity index (χ1) is 16.5. The number of pyridine rings is 2. The van der Waals surface area contributed by atoms with Crippen molar-refractivity contribution in [3.8, 4) is 17.0 Å². The fraction of sp³-hybridized carbons (Fsp3) is 0.160. The molecule has 0 saturated carbocycles. The van der Waals surface area contributed by atoms with Crippen LogP contribution in [0.25, 0.3) is 22.2 Å². The van der Waals surface area contributed by atoms with E-state index in [0.717, 1.165) is 39.0 Å². The quantitative estimate of drug-likeness (QED) is 0.368. The monoisotopic (exact) mass is 472 g/mol. The molecule has 1 aromatic carbocycles. The smallest absolute Gasteiger partial charge is 0.253 e. The second-order valence-corrected chi connectivity index (χ2v) is 8.30. The van der Waals surface area contributed by atoms with E-state index in [1.807, 2.05) is 49.0 Å². The lowest BCUT2D eigenvalue weighted by molar-refractivity contribution is 0.307. The lowest BCUT2D eigenvalue weighted by atomic mass is 10.0. The molecule has 4 heterocycles. The molecule has 0 atom stereocenters. The summed E-state index contributed by atoms with van der Waals surface area (Å²) in [5.41, 5.74) is 5.04. The van der Waals surface area contributed by atoms with Crippen LogP contribution in [0.3, 0.4) is 0 Å². The van der Waals surface area contributed by atoms with Crippen LogP contribution in [0.15, 0.2) is 72.3 Å². The van der Waals surface area contributed by atoms with Crippen LogP contribution in [-0.4, -0.2) is 29.3 Å². The second-order valence-electron chi connectivity index (χ2n) is 7.90. The number of para-hydroxylation sites is 1. The first-order valence-electron chi connectivity index (χ1n) is 10.6. The molecule has 5 rings (SSSR count). The SMILES string of the molecule is Cc1cc(-c2ccnn2C)c2cccc(OCc3c(Cl)cncc3Cn3cnccc3=O)c2n1. The van der Waals surface area contributed by atoms with E-state index >= 15 is 0 Å². The number of halogens is 1. The number of aromatic nitrogens is 6.